The molecule has 2 atom stereocenters. The summed E-state index contributed by atoms with van der Waals surface area (Å²) < 4.78 is 0. The van der Waals surface area contributed by atoms with E-state index in [0.717, 1.165) is 0 Å². The monoisotopic (exact) mass is 203 g/mol. The molecule has 0 spiro atoms. The number of nitrogens with two attached hydrogens (primary N) is 1. The number of aliphatic imine (C=N–C) groups is 1. The van der Waals surface area contributed by atoms with E-state index in [-0.39, 0.29) is 5.96 Å². The lowest BCUT2D eigenvalue weighted by molar-refractivity contribution is 0.172. The van der Waals surface area contributed by atoms with Gasteiger partial charge >= 0.3 is 0 Å². The van der Waals surface area contributed by atoms with Crippen LogP contribution in [0.5, 0.6) is 0 Å². The Hall–Kier alpha value is -0.810. The molecule has 2 unspecified atom stereocenters. The highest BCUT2D eigenvalue weighted by Gasteiger charge is 2.01. The van der Waals surface area contributed by atoms with Crippen LogP contribution in [-0.2, 0) is 0 Å². The summed E-state index contributed by atoms with van der Waals surface area (Å²) in [6.45, 7) is 4.47. The Morgan fingerprint density at radius 3 is 2.36 bits per heavy atom. The van der Waals surface area contributed by atoms with E-state index in [4.69, 9.17) is 5.73 Å². The van der Waals surface area contributed by atoms with E-state index in [1.54, 1.807) is 0 Å². The summed E-state index contributed by atoms with van der Waals surface area (Å²) in [7, 11) is 0. The zero-order valence-corrected chi connectivity index (χ0v) is 8.90. The second kappa shape index (κ2) is 7.58. The fourth-order valence-electron chi connectivity index (χ4n) is 0.755. The van der Waals surface area contributed by atoms with Gasteiger partial charge in [-0.3, -0.25) is 4.99 Å². The van der Waals surface area contributed by atoms with Crippen molar-refractivity contribution in [1.82, 2.24) is 5.32 Å². The molecule has 84 valence electrons. The van der Waals surface area contributed by atoms with Crippen molar-refractivity contribution in [2.24, 2.45) is 10.7 Å². The van der Waals surface area contributed by atoms with E-state index in [1.807, 2.05) is 13.8 Å². The Bertz CT molecular complexity index is 173. The maximum absolute atomic E-state index is 9.21. The standard InChI is InChI=1S/C9H21N3O2/c1-3-7(13)5-11-9(10)12-6-8(14)4-2/h7-8,13-14H,3-6H2,1-2H3,(H3,10,11,12). The van der Waals surface area contributed by atoms with Crippen molar-refractivity contribution in [2.45, 2.75) is 38.9 Å². The molecule has 5 N–H and O–H groups in total. The number of hydrogen-bond acceptors (Lipinski definition) is 3. The summed E-state index contributed by atoms with van der Waals surface area (Å²) in [4.78, 5) is 3.92. The molecule has 0 rings (SSSR count). The number of aliphatic hydroxyl groups is 2. The van der Waals surface area contributed by atoms with Crippen LogP contribution in [0, 0.1) is 0 Å². The fraction of sp³-hybridized carbons (Fsp3) is 0.889. The Kier molecular flexibility index (Phi) is 7.14. The first-order valence-corrected chi connectivity index (χ1v) is 5.00. The second-order valence-electron chi connectivity index (χ2n) is 3.23. The van der Waals surface area contributed by atoms with Crippen LogP contribution in [0.4, 0.5) is 0 Å². The molecule has 5 nitrogen and oxygen atoms in total. The molecule has 0 amide bonds. The predicted molar refractivity (Wildman–Crippen MR) is 57.1 cm³/mol. The molecule has 0 radical (unpaired) electrons. The Balaban J connectivity index is 3.66. The van der Waals surface area contributed by atoms with Crippen molar-refractivity contribution in [3.63, 3.8) is 0 Å². The minimum Gasteiger partial charge on any atom is -0.391 e. The summed E-state index contributed by atoms with van der Waals surface area (Å²) in [6, 6.07) is 0. The van der Waals surface area contributed by atoms with E-state index in [9.17, 15) is 10.2 Å². The van der Waals surface area contributed by atoms with E-state index < -0.39 is 12.2 Å². The molecular formula is C9H21N3O2. The van der Waals surface area contributed by atoms with E-state index in [1.165, 1.54) is 0 Å². The second-order valence-corrected chi connectivity index (χ2v) is 3.23. The molecule has 5 heteroatoms. The lowest BCUT2D eigenvalue weighted by Crippen LogP contribution is -2.37. The zero-order chi connectivity index (χ0) is 11.0. The van der Waals surface area contributed by atoms with Gasteiger partial charge in [-0.25, -0.2) is 0 Å². The van der Waals surface area contributed by atoms with Crippen LogP contribution in [0.3, 0.4) is 0 Å². The largest absolute Gasteiger partial charge is 0.391 e. The van der Waals surface area contributed by atoms with E-state index in [0.29, 0.717) is 25.9 Å². The lowest BCUT2D eigenvalue weighted by Gasteiger charge is -2.10. The normalized spacial score (nSPS) is 16.4. The SMILES string of the molecule is CCC(O)CN=C(N)NCC(O)CC. The highest BCUT2D eigenvalue weighted by atomic mass is 16.3. The van der Waals surface area contributed by atoms with Gasteiger partial charge in [0, 0.05) is 6.54 Å². The highest BCUT2D eigenvalue weighted by molar-refractivity contribution is 5.77. The number of hydrogen-bond donors (Lipinski definition) is 4. The average Bonchev–Trinajstić information content (AvgIpc) is 2.22. The van der Waals surface area contributed by atoms with Gasteiger partial charge < -0.3 is 21.3 Å². The molecule has 0 saturated heterocycles. The predicted octanol–water partition coefficient (Wildman–Crippen LogP) is -0.567. The highest BCUT2D eigenvalue weighted by Crippen LogP contribution is 1.90. The Labute approximate surface area is 85.0 Å². The third-order valence-electron chi connectivity index (χ3n) is 1.93. The first-order valence-electron chi connectivity index (χ1n) is 5.00. The lowest BCUT2D eigenvalue weighted by atomic mass is 10.3. The minimum atomic E-state index is -0.438. The molecule has 0 fully saturated rings. The topological polar surface area (TPSA) is 90.9 Å². The molecule has 0 saturated carbocycles. The summed E-state index contributed by atoms with van der Waals surface area (Å²) in [5, 5.41) is 21.2. The van der Waals surface area contributed by atoms with Gasteiger partial charge in [-0.05, 0) is 12.8 Å². The molecular weight excluding hydrogens is 182 g/mol. The summed E-state index contributed by atoms with van der Waals surface area (Å²) >= 11 is 0. The van der Waals surface area contributed by atoms with Gasteiger partial charge in [0.05, 0.1) is 18.8 Å². The van der Waals surface area contributed by atoms with E-state index in [2.05, 4.69) is 10.3 Å². The van der Waals surface area contributed by atoms with Crippen molar-refractivity contribution in [2.75, 3.05) is 13.1 Å². The Morgan fingerprint density at radius 1 is 1.29 bits per heavy atom. The third kappa shape index (κ3) is 6.68. The molecule has 0 bridgehead atoms. The van der Waals surface area contributed by atoms with Gasteiger partial charge in [0.2, 0.25) is 0 Å². The van der Waals surface area contributed by atoms with Crippen LogP contribution in [0.25, 0.3) is 0 Å². The maximum Gasteiger partial charge on any atom is 0.188 e. The molecule has 0 aliphatic rings. The first-order chi connectivity index (χ1) is 6.60. The van der Waals surface area contributed by atoms with Gasteiger partial charge in [0.25, 0.3) is 0 Å². The summed E-state index contributed by atoms with van der Waals surface area (Å²) in [5.74, 6) is 0.269. The molecule has 0 aromatic rings. The van der Waals surface area contributed by atoms with Crippen molar-refractivity contribution in [3.05, 3.63) is 0 Å². The number of guanidine groups is 1. The molecule has 0 aromatic carbocycles. The average molecular weight is 203 g/mol. The van der Waals surface area contributed by atoms with Crippen LogP contribution >= 0.6 is 0 Å². The van der Waals surface area contributed by atoms with Crippen LogP contribution in [0.1, 0.15) is 26.7 Å². The summed E-state index contributed by atoms with van der Waals surface area (Å²) in [6.07, 6.45) is 0.498. The quantitative estimate of drug-likeness (QED) is 0.344. The van der Waals surface area contributed by atoms with Crippen molar-refractivity contribution >= 4 is 5.96 Å². The smallest absolute Gasteiger partial charge is 0.188 e. The van der Waals surface area contributed by atoms with Crippen molar-refractivity contribution in [1.29, 1.82) is 0 Å². The van der Waals surface area contributed by atoms with E-state index >= 15 is 0 Å². The number of nitrogens with one attached hydrogen (secondary N) is 1. The number of rotatable bonds is 6. The van der Waals surface area contributed by atoms with Crippen LogP contribution < -0.4 is 11.1 Å². The molecule has 0 aliphatic heterocycles. The molecule has 0 aromatic heterocycles. The van der Waals surface area contributed by atoms with Crippen LogP contribution in [0.15, 0.2) is 4.99 Å². The van der Waals surface area contributed by atoms with Gasteiger partial charge in [-0.15, -0.1) is 0 Å². The molecule has 0 aliphatic carbocycles. The van der Waals surface area contributed by atoms with Gasteiger partial charge in [-0.1, -0.05) is 13.8 Å². The molecule has 14 heavy (non-hydrogen) atoms. The fourth-order valence-corrected chi connectivity index (χ4v) is 0.755. The van der Waals surface area contributed by atoms with Crippen LogP contribution in [0.2, 0.25) is 0 Å². The number of nitrogens with zero attached hydrogens (tertiary/aromatic N) is 1. The van der Waals surface area contributed by atoms with Gasteiger partial charge in [0.1, 0.15) is 0 Å². The van der Waals surface area contributed by atoms with Gasteiger partial charge in [0.15, 0.2) is 5.96 Å². The minimum absolute atomic E-state index is 0.269. The Morgan fingerprint density at radius 2 is 1.86 bits per heavy atom. The number of aliphatic hydroxyl groups excluding tert-OH is 2. The zero-order valence-electron chi connectivity index (χ0n) is 8.90. The molecule has 0 heterocycles. The van der Waals surface area contributed by atoms with Crippen LogP contribution in [-0.4, -0.2) is 41.5 Å². The van der Waals surface area contributed by atoms with Crippen molar-refractivity contribution in [3.8, 4) is 0 Å². The van der Waals surface area contributed by atoms with Gasteiger partial charge in [-0.2, -0.15) is 0 Å². The summed E-state index contributed by atoms with van der Waals surface area (Å²) in [5.41, 5.74) is 5.50. The first kappa shape index (κ1) is 13.2. The maximum atomic E-state index is 9.21. The van der Waals surface area contributed by atoms with Crippen molar-refractivity contribution < 1.29 is 10.2 Å². The third-order valence-corrected chi connectivity index (χ3v) is 1.93.